The van der Waals surface area contributed by atoms with Crippen LogP contribution in [0.1, 0.15) is 30.8 Å². The summed E-state index contributed by atoms with van der Waals surface area (Å²) < 4.78 is 0. The molecular formula is C17H23N3O. The van der Waals surface area contributed by atoms with E-state index in [0.717, 1.165) is 29.6 Å². The van der Waals surface area contributed by atoms with Gasteiger partial charge in [0.05, 0.1) is 0 Å². The van der Waals surface area contributed by atoms with Crippen molar-refractivity contribution >= 4 is 22.5 Å². The molecule has 0 atom stereocenters. The monoisotopic (exact) mass is 285 g/mol. The largest absolute Gasteiger partial charge is 0.373 e. The molecule has 0 unspecified atom stereocenters. The molecule has 1 aromatic heterocycles. The Morgan fingerprint density at radius 2 is 2.05 bits per heavy atom. The van der Waals surface area contributed by atoms with Crippen molar-refractivity contribution in [2.45, 2.75) is 20.3 Å². The van der Waals surface area contributed by atoms with Crippen LogP contribution in [0.3, 0.4) is 0 Å². The van der Waals surface area contributed by atoms with Gasteiger partial charge in [0.2, 0.25) is 0 Å². The van der Waals surface area contributed by atoms with Gasteiger partial charge < -0.3 is 10.2 Å². The molecule has 1 heterocycles. The summed E-state index contributed by atoms with van der Waals surface area (Å²) in [5.74, 6) is 1.30. The Morgan fingerprint density at radius 3 is 2.71 bits per heavy atom. The number of rotatable bonds is 5. The molecule has 0 bridgehead atoms. The van der Waals surface area contributed by atoms with Crippen molar-refractivity contribution in [1.29, 1.82) is 0 Å². The fourth-order valence-corrected chi connectivity index (χ4v) is 2.25. The van der Waals surface area contributed by atoms with Crippen LogP contribution in [0.25, 0.3) is 10.8 Å². The lowest BCUT2D eigenvalue weighted by Crippen LogP contribution is -2.29. The number of amides is 1. The predicted octanol–water partition coefficient (Wildman–Crippen LogP) is 3.39. The molecule has 2 rings (SSSR count). The van der Waals surface area contributed by atoms with Crippen LogP contribution in [0.2, 0.25) is 0 Å². The fourth-order valence-electron chi connectivity index (χ4n) is 2.25. The summed E-state index contributed by atoms with van der Waals surface area (Å²) in [5, 5.41) is 5.13. The molecule has 2 aromatic rings. The minimum Gasteiger partial charge on any atom is -0.373 e. The van der Waals surface area contributed by atoms with E-state index in [1.807, 2.05) is 44.4 Å². The summed E-state index contributed by atoms with van der Waals surface area (Å²) in [4.78, 5) is 18.7. The standard InChI is InChI=1S/C17H23N3O/c1-12(2)9-10-20(4)17(21)15-11-13-7-5-6-8-14(13)16(18-3)19-15/h5-8,11-12H,9-10H2,1-4H3,(H,18,19). The third kappa shape index (κ3) is 3.51. The van der Waals surface area contributed by atoms with E-state index in [4.69, 9.17) is 0 Å². The number of nitrogens with one attached hydrogen (secondary N) is 1. The van der Waals surface area contributed by atoms with Gasteiger partial charge in [0, 0.05) is 26.0 Å². The second-order valence-electron chi connectivity index (χ2n) is 5.74. The summed E-state index contributed by atoms with van der Waals surface area (Å²) in [7, 11) is 3.66. The predicted molar refractivity (Wildman–Crippen MR) is 87.7 cm³/mol. The zero-order chi connectivity index (χ0) is 15.4. The maximum absolute atomic E-state index is 12.5. The third-order valence-electron chi connectivity index (χ3n) is 3.58. The van der Waals surface area contributed by atoms with Crippen LogP contribution in [0.5, 0.6) is 0 Å². The Labute approximate surface area is 126 Å². The van der Waals surface area contributed by atoms with Gasteiger partial charge in [-0.15, -0.1) is 0 Å². The molecule has 1 N–H and O–H groups in total. The topological polar surface area (TPSA) is 45.2 Å². The number of fused-ring (bicyclic) bond motifs is 1. The van der Waals surface area contributed by atoms with E-state index in [1.165, 1.54) is 0 Å². The zero-order valence-electron chi connectivity index (χ0n) is 13.2. The molecule has 0 saturated carbocycles. The Morgan fingerprint density at radius 1 is 1.33 bits per heavy atom. The highest BCUT2D eigenvalue weighted by Crippen LogP contribution is 2.22. The van der Waals surface area contributed by atoms with Crippen molar-refractivity contribution in [3.05, 3.63) is 36.0 Å². The summed E-state index contributed by atoms with van der Waals surface area (Å²) >= 11 is 0. The van der Waals surface area contributed by atoms with Crippen molar-refractivity contribution in [2.24, 2.45) is 5.92 Å². The number of anilines is 1. The minimum absolute atomic E-state index is 0.0297. The molecule has 0 spiro atoms. The van der Waals surface area contributed by atoms with Gasteiger partial charge in [-0.3, -0.25) is 4.79 Å². The highest BCUT2D eigenvalue weighted by atomic mass is 16.2. The number of nitrogens with zero attached hydrogens (tertiary/aromatic N) is 2. The summed E-state index contributed by atoms with van der Waals surface area (Å²) in [6.07, 6.45) is 0.995. The molecule has 0 aliphatic rings. The van der Waals surface area contributed by atoms with Gasteiger partial charge in [0.1, 0.15) is 11.5 Å². The number of hydrogen-bond acceptors (Lipinski definition) is 3. The van der Waals surface area contributed by atoms with Gasteiger partial charge >= 0.3 is 0 Å². The number of pyridine rings is 1. The first kappa shape index (κ1) is 15.3. The number of hydrogen-bond donors (Lipinski definition) is 1. The first-order chi connectivity index (χ1) is 10.0. The van der Waals surface area contributed by atoms with Crippen molar-refractivity contribution in [3.63, 3.8) is 0 Å². The smallest absolute Gasteiger partial charge is 0.272 e. The first-order valence-corrected chi connectivity index (χ1v) is 7.36. The highest BCUT2D eigenvalue weighted by molar-refractivity contribution is 6.00. The lowest BCUT2D eigenvalue weighted by molar-refractivity contribution is 0.0784. The van der Waals surface area contributed by atoms with E-state index < -0.39 is 0 Å². The number of carbonyl (C=O) groups excluding carboxylic acids is 1. The van der Waals surface area contributed by atoms with Crippen molar-refractivity contribution in [2.75, 3.05) is 26.0 Å². The summed E-state index contributed by atoms with van der Waals surface area (Å²) in [5.41, 5.74) is 0.490. The molecule has 21 heavy (non-hydrogen) atoms. The van der Waals surface area contributed by atoms with E-state index in [-0.39, 0.29) is 5.91 Å². The molecule has 0 aliphatic heterocycles. The zero-order valence-corrected chi connectivity index (χ0v) is 13.2. The quantitative estimate of drug-likeness (QED) is 0.916. The average Bonchev–Trinajstić information content (AvgIpc) is 2.50. The van der Waals surface area contributed by atoms with E-state index in [1.54, 1.807) is 4.90 Å². The van der Waals surface area contributed by atoms with E-state index >= 15 is 0 Å². The van der Waals surface area contributed by atoms with Crippen LogP contribution < -0.4 is 5.32 Å². The maximum atomic E-state index is 12.5. The van der Waals surface area contributed by atoms with Crippen LogP contribution in [0.15, 0.2) is 30.3 Å². The van der Waals surface area contributed by atoms with Gasteiger partial charge in [0.25, 0.3) is 5.91 Å². The van der Waals surface area contributed by atoms with Crippen molar-refractivity contribution in [3.8, 4) is 0 Å². The molecular weight excluding hydrogens is 262 g/mol. The van der Waals surface area contributed by atoms with Crippen LogP contribution in [0, 0.1) is 5.92 Å². The Bertz CT molecular complexity index is 637. The molecule has 0 saturated heterocycles. The van der Waals surface area contributed by atoms with Crippen molar-refractivity contribution < 1.29 is 4.79 Å². The van der Waals surface area contributed by atoms with Crippen molar-refractivity contribution in [1.82, 2.24) is 9.88 Å². The van der Waals surface area contributed by atoms with Crippen LogP contribution in [-0.4, -0.2) is 36.4 Å². The molecule has 4 nitrogen and oxygen atoms in total. The molecule has 112 valence electrons. The Hall–Kier alpha value is -2.10. The molecule has 0 fully saturated rings. The third-order valence-corrected chi connectivity index (χ3v) is 3.58. The van der Waals surface area contributed by atoms with Gasteiger partial charge in [-0.05, 0) is 23.8 Å². The maximum Gasteiger partial charge on any atom is 0.272 e. The number of aromatic nitrogens is 1. The van der Waals surface area contributed by atoms with E-state index in [0.29, 0.717) is 11.6 Å². The second kappa shape index (κ2) is 6.57. The Balaban J connectivity index is 2.31. The molecule has 4 heteroatoms. The summed E-state index contributed by atoms with van der Waals surface area (Å²) in [6.45, 7) is 5.07. The van der Waals surface area contributed by atoms with Gasteiger partial charge in [-0.25, -0.2) is 4.98 Å². The molecule has 1 aromatic carbocycles. The first-order valence-electron chi connectivity index (χ1n) is 7.36. The molecule has 0 aliphatic carbocycles. The molecule has 1 amide bonds. The highest BCUT2D eigenvalue weighted by Gasteiger charge is 2.15. The summed E-state index contributed by atoms with van der Waals surface area (Å²) in [6, 6.07) is 9.82. The minimum atomic E-state index is -0.0297. The fraction of sp³-hybridized carbons (Fsp3) is 0.412. The normalized spacial score (nSPS) is 10.9. The number of benzene rings is 1. The number of carbonyl (C=O) groups is 1. The van der Waals surface area contributed by atoms with E-state index in [2.05, 4.69) is 24.1 Å². The van der Waals surface area contributed by atoms with Gasteiger partial charge in [-0.2, -0.15) is 0 Å². The van der Waals surface area contributed by atoms with Gasteiger partial charge in [0.15, 0.2) is 0 Å². The van der Waals surface area contributed by atoms with Crippen LogP contribution in [-0.2, 0) is 0 Å². The Kier molecular flexibility index (Phi) is 4.78. The SMILES string of the molecule is CNc1nc(C(=O)N(C)CCC(C)C)cc2ccccc12. The lowest BCUT2D eigenvalue weighted by atomic mass is 10.1. The lowest BCUT2D eigenvalue weighted by Gasteiger charge is -2.18. The second-order valence-corrected chi connectivity index (χ2v) is 5.74. The van der Waals surface area contributed by atoms with Crippen LogP contribution in [0.4, 0.5) is 5.82 Å². The van der Waals surface area contributed by atoms with Crippen LogP contribution >= 0.6 is 0 Å². The average molecular weight is 285 g/mol. The molecule has 0 radical (unpaired) electrons. The van der Waals surface area contributed by atoms with E-state index in [9.17, 15) is 4.79 Å². The van der Waals surface area contributed by atoms with Gasteiger partial charge in [-0.1, -0.05) is 38.1 Å².